The Morgan fingerprint density at radius 1 is 1.47 bits per heavy atom. The zero-order valence-electron chi connectivity index (χ0n) is 9.53. The summed E-state index contributed by atoms with van der Waals surface area (Å²) < 4.78 is 17.1. The Morgan fingerprint density at radius 2 is 2.07 bits per heavy atom. The first kappa shape index (κ1) is 12.8. The van der Waals surface area contributed by atoms with Crippen LogP contribution in [0.25, 0.3) is 0 Å². The zero-order chi connectivity index (χ0) is 11.3. The molecule has 1 aliphatic rings. The first-order chi connectivity index (χ1) is 7.15. The molecule has 0 aromatic carbocycles. The summed E-state index contributed by atoms with van der Waals surface area (Å²) in [7, 11) is -0.988. The lowest BCUT2D eigenvalue weighted by Crippen LogP contribution is -2.30. The third-order valence-electron chi connectivity index (χ3n) is 2.99. The lowest BCUT2D eigenvalue weighted by atomic mass is 10.1. The Morgan fingerprint density at radius 3 is 2.60 bits per heavy atom. The van der Waals surface area contributed by atoms with Crippen LogP contribution >= 0.6 is 0 Å². The summed E-state index contributed by atoms with van der Waals surface area (Å²) in [6.07, 6.45) is 2.50. The van der Waals surface area contributed by atoms with E-state index in [0.717, 1.165) is 19.3 Å². The van der Waals surface area contributed by atoms with Crippen molar-refractivity contribution >= 4 is 16.6 Å². The van der Waals surface area contributed by atoms with Crippen molar-refractivity contribution in [2.24, 2.45) is 5.92 Å². The van der Waals surface area contributed by atoms with E-state index in [-0.39, 0.29) is 22.7 Å². The minimum Gasteiger partial charge on any atom is -0.381 e. The number of ketones is 1. The lowest BCUT2D eigenvalue weighted by Gasteiger charge is -2.21. The SMILES string of the molecule is CCC(C)C(=O)CS(=O)C1CCOCC1. The molecule has 2 unspecified atom stereocenters. The van der Waals surface area contributed by atoms with Crippen LogP contribution in [-0.4, -0.2) is 34.2 Å². The Hall–Kier alpha value is -0.220. The van der Waals surface area contributed by atoms with Gasteiger partial charge in [-0.05, 0) is 19.3 Å². The second-order valence-corrected chi connectivity index (χ2v) is 5.83. The second kappa shape index (κ2) is 6.38. The number of carbonyl (C=O) groups is 1. The molecule has 0 bridgehead atoms. The molecule has 1 heterocycles. The largest absolute Gasteiger partial charge is 0.381 e. The molecule has 1 rings (SSSR count). The van der Waals surface area contributed by atoms with Gasteiger partial charge in [-0.1, -0.05) is 13.8 Å². The van der Waals surface area contributed by atoms with Crippen molar-refractivity contribution in [1.82, 2.24) is 0 Å². The summed E-state index contributed by atoms with van der Waals surface area (Å²) in [5.74, 6) is 0.427. The topological polar surface area (TPSA) is 43.4 Å². The van der Waals surface area contributed by atoms with E-state index in [1.54, 1.807) is 0 Å². The number of rotatable bonds is 5. The highest BCUT2D eigenvalue weighted by atomic mass is 32.2. The van der Waals surface area contributed by atoms with Crippen molar-refractivity contribution in [3.63, 3.8) is 0 Å². The number of carbonyl (C=O) groups excluding carboxylic acids is 1. The van der Waals surface area contributed by atoms with Gasteiger partial charge in [0.25, 0.3) is 0 Å². The summed E-state index contributed by atoms with van der Waals surface area (Å²) >= 11 is 0. The molecule has 0 amide bonds. The van der Waals surface area contributed by atoms with Gasteiger partial charge < -0.3 is 4.74 Å². The molecule has 3 nitrogen and oxygen atoms in total. The quantitative estimate of drug-likeness (QED) is 0.722. The number of hydrogen-bond acceptors (Lipinski definition) is 3. The molecule has 0 aliphatic carbocycles. The predicted octanol–water partition coefficient (Wildman–Crippen LogP) is 1.53. The average molecular weight is 232 g/mol. The maximum atomic E-state index is 11.9. The maximum absolute atomic E-state index is 11.9. The van der Waals surface area contributed by atoms with Crippen molar-refractivity contribution in [2.75, 3.05) is 19.0 Å². The molecule has 1 saturated heterocycles. The molecule has 0 N–H and O–H groups in total. The minimum atomic E-state index is -0.988. The van der Waals surface area contributed by atoms with Gasteiger partial charge in [-0.2, -0.15) is 0 Å². The molecule has 0 aromatic rings. The molecule has 0 spiro atoms. The molecule has 15 heavy (non-hydrogen) atoms. The van der Waals surface area contributed by atoms with E-state index in [2.05, 4.69) is 0 Å². The van der Waals surface area contributed by atoms with E-state index in [1.807, 2.05) is 13.8 Å². The summed E-state index contributed by atoms with van der Waals surface area (Å²) in [4.78, 5) is 11.6. The van der Waals surface area contributed by atoms with Crippen LogP contribution in [0.5, 0.6) is 0 Å². The molecule has 4 heteroatoms. The smallest absolute Gasteiger partial charge is 0.148 e. The van der Waals surface area contributed by atoms with Gasteiger partial charge in [-0.3, -0.25) is 9.00 Å². The summed E-state index contributed by atoms with van der Waals surface area (Å²) in [5.41, 5.74) is 0. The standard InChI is InChI=1S/C11H20O3S/c1-3-9(2)11(12)8-15(13)10-4-6-14-7-5-10/h9-10H,3-8H2,1-2H3. The normalized spacial score (nSPS) is 22.3. The summed E-state index contributed by atoms with van der Waals surface area (Å²) in [6, 6.07) is 0. The molecule has 0 aromatic heterocycles. The van der Waals surface area contributed by atoms with E-state index >= 15 is 0 Å². The van der Waals surface area contributed by atoms with Crippen LogP contribution in [0, 0.1) is 5.92 Å². The summed E-state index contributed by atoms with van der Waals surface area (Å²) in [5, 5.41) is 0.173. The van der Waals surface area contributed by atoms with Crippen LogP contribution in [0.4, 0.5) is 0 Å². The number of ether oxygens (including phenoxy) is 1. The highest BCUT2D eigenvalue weighted by Crippen LogP contribution is 2.14. The fraction of sp³-hybridized carbons (Fsp3) is 0.909. The molecule has 1 aliphatic heterocycles. The Kier molecular flexibility index (Phi) is 5.47. The van der Waals surface area contributed by atoms with E-state index < -0.39 is 10.8 Å². The van der Waals surface area contributed by atoms with Crippen molar-refractivity contribution in [3.8, 4) is 0 Å². The van der Waals surface area contributed by atoms with Crippen LogP contribution in [0.1, 0.15) is 33.1 Å². The molecule has 0 saturated carbocycles. The lowest BCUT2D eigenvalue weighted by molar-refractivity contribution is -0.119. The first-order valence-corrected chi connectivity index (χ1v) is 7.01. The Bertz CT molecular complexity index is 234. The molecule has 88 valence electrons. The third-order valence-corrected chi connectivity index (χ3v) is 4.77. The van der Waals surface area contributed by atoms with E-state index in [4.69, 9.17) is 4.74 Å². The molecule has 2 atom stereocenters. The van der Waals surface area contributed by atoms with E-state index in [1.165, 1.54) is 0 Å². The Balaban J connectivity index is 2.37. The van der Waals surface area contributed by atoms with Crippen molar-refractivity contribution in [1.29, 1.82) is 0 Å². The maximum Gasteiger partial charge on any atom is 0.148 e. The monoisotopic (exact) mass is 232 g/mol. The van der Waals surface area contributed by atoms with E-state index in [9.17, 15) is 9.00 Å². The highest BCUT2D eigenvalue weighted by Gasteiger charge is 2.23. The van der Waals surface area contributed by atoms with Crippen molar-refractivity contribution in [2.45, 2.75) is 38.4 Å². The van der Waals surface area contributed by atoms with Gasteiger partial charge in [0.15, 0.2) is 0 Å². The fourth-order valence-corrected chi connectivity index (χ4v) is 3.09. The van der Waals surface area contributed by atoms with Gasteiger partial charge in [-0.25, -0.2) is 0 Å². The van der Waals surface area contributed by atoms with Crippen molar-refractivity contribution < 1.29 is 13.7 Å². The number of Topliss-reactive ketones (excluding diaryl/α,β-unsaturated/α-hetero) is 1. The van der Waals surface area contributed by atoms with Gasteiger partial charge in [-0.15, -0.1) is 0 Å². The van der Waals surface area contributed by atoms with Crippen LogP contribution in [-0.2, 0) is 20.3 Å². The molecular formula is C11H20O3S. The van der Waals surface area contributed by atoms with Gasteiger partial charge in [0, 0.05) is 35.2 Å². The minimum absolute atomic E-state index is 0.0498. The van der Waals surface area contributed by atoms with E-state index in [0.29, 0.717) is 13.2 Å². The van der Waals surface area contributed by atoms with Crippen LogP contribution < -0.4 is 0 Å². The van der Waals surface area contributed by atoms with Crippen LogP contribution in [0.15, 0.2) is 0 Å². The first-order valence-electron chi connectivity index (χ1n) is 5.62. The molecule has 0 radical (unpaired) electrons. The van der Waals surface area contributed by atoms with Crippen LogP contribution in [0.2, 0.25) is 0 Å². The summed E-state index contributed by atoms with van der Waals surface area (Å²) in [6.45, 7) is 5.27. The molecular weight excluding hydrogens is 212 g/mol. The average Bonchev–Trinajstić information content (AvgIpc) is 2.29. The zero-order valence-corrected chi connectivity index (χ0v) is 10.3. The third kappa shape index (κ3) is 4.03. The second-order valence-electron chi connectivity index (χ2n) is 4.11. The van der Waals surface area contributed by atoms with Gasteiger partial charge in [0.05, 0.1) is 5.75 Å². The Labute approximate surface area is 94.0 Å². The van der Waals surface area contributed by atoms with Crippen molar-refractivity contribution in [3.05, 3.63) is 0 Å². The highest BCUT2D eigenvalue weighted by molar-refractivity contribution is 7.86. The van der Waals surface area contributed by atoms with Crippen LogP contribution in [0.3, 0.4) is 0 Å². The fourth-order valence-electron chi connectivity index (χ4n) is 1.57. The molecule has 1 fully saturated rings. The van der Waals surface area contributed by atoms with Gasteiger partial charge in [0.2, 0.25) is 0 Å². The van der Waals surface area contributed by atoms with Gasteiger partial charge in [0.1, 0.15) is 5.78 Å². The predicted molar refractivity (Wildman–Crippen MR) is 61.3 cm³/mol. The number of hydrogen-bond donors (Lipinski definition) is 0. The van der Waals surface area contributed by atoms with Gasteiger partial charge >= 0.3 is 0 Å².